The zero-order valence-corrected chi connectivity index (χ0v) is 17.3. The molecule has 31 heavy (non-hydrogen) atoms. The summed E-state index contributed by atoms with van der Waals surface area (Å²) in [5.41, 5.74) is 3.94. The van der Waals surface area contributed by atoms with Crippen LogP contribution in [-0.2, 0) is 6.54 Å². The van der Waals surface area contributed by atoms with Crippen LogP contribution in [0.15, 0.2) is 79.3 Å². The van der Waals surface area contributed by atoms with Gasteiger partial charge < -0.3 is 19.3 Å². The molecular formula is C24H22N4O3. The largest absolute Gasteiger partial charge is 0.497 e. The first kappa shape index (κ1) is 20.2. The molecule has 2 aromatic heterocycles. The van der Waals surface area contributed by atoms with Gasteiger partial charge in [-0.15, -0.1) is 0 Å². The van der Waals surface area contributed by atoms with Crippen molar-refractivity contribution in [3.8, 4) is 17.3 Å². The fourth-order valence-corrected chi connectivity index (χ4v) is 3.33. The molecule has 0 saturated carbocycles. The van der Waals surface area contributed by atoms with E-state index < -0.39 is 5.97 Å². The van der Waals surface area contributed by atoms with Crippen LogP contribution in [0.2, 0.25) is 0 Å². The Labute approximate surface area is 180 Å². The third-order valence-electron chi connectivity index (χ3n) is 5.09. The molecule has 0 saturated heterocycles. The highest BCUT2D eigenvalue weighted by Gasteiger charge is 2.12. The van der Waals surface area contributed by atoms with Crippen LogP contribution in [0, 0.1) is 0 Å². The molecule has 156 valence electrons. The lowest BCUT2D eigenvalue weighted by molar-refractivity contribution is 0.0697. The topological polar surface area (TPSA) is 80.5 Å². The first-order chi connectivity index (χ1) is 15.0. The summed E-state index contributed by atoms with van der Waals surface area (Å²) in [6, 6.07) is 19.2. The van der Waals surface area contributed by atoms with Crippen molar-refractivity contribution < 1.29 is 14.6 Å². The predicted octanol–water partition coefficient (Wildman–Crippen LogP) is 4.47. The average Bonchev–Trinajstić information content (AvgIpc) is 3.27. The molecule has 0 aliphatic carbocycles. The third kappa shape index (κ3) is 4.40. The quantitative estimate of drug-likeness (QED) is 0.481. The van der Waals surface area contributed by atoms with Gasteiger partial charge in [0.1, 0.15) is 11.4 Å². The number of imidazole rings is 1. The first-order valence-electron chi connectivity index (χ1n) is 9.73. The highest BCUT2D eigenvalue weighted by atomic mass is 16.5. The predicted molar refractivity (Wildman–Crippen MR) is 119 cm³/mol. The SMILES string of the molecule is COc1ccc(N(C)c2ccc(Cn3ccnc3-c3cc(C(=O)O)ccn3)cc2)cc1. The molecule has 7 nitrogen and oxygen atoms in total. The lowest BCUT2D eigenvalue weighted by atomic mass is 10.1. The molecule has 2 heterocycles. The number of anilines is 2. The molecule has 0 amide bonds. The van der Waals surface area contributed by atoms with Gasteiger partial charge >= 0.3 is 5.97 Å². The molecular weight excluding hydrogens is 392 g/mol. The van der Waals surface area contributed by atoms with Crippen molar-refractivity contribution in [1.29, 1.82) is 0 Å². The Morgan fingerprint density at radius 2 is 1.68 bits per heavy atom. The van der Waals surface area contributed by atoms with E-state index in [1.807, 2.05) is 42.1 Å². The minimum Gasteiger partial charge on any atom is -0.497 e. The number of ether oxygens (including phenoxy) is 1. The normalized spacial score (nSPS) is 10.6. The van der Waals surface area contributed by atoms with Crippen LogP contribution in [0.5, 0.6) is 5.75 Å². The highest BCUT2D eigenvalue weighted by molar-refractivity contribution is 5.88. The Morgan fingerprint density at radius 3 is 2.32 bits per heavy atom. The zero-order valence-electron chi connectivity index (χ0n) is 17.3. The minimum atomic E-state index is -0.988. The number of carbonyl (C=O) groups is 1. The molecule has 0 bridgehead atoms. The van der Waals surface area contributed by atoms with Crippen LogP contribution in [0.4, 0.5) is 11.4 Å². The number of hydrogen-bond donors (Lipinski definition) is 1. The number of pyridine rings is 1. The van der Waals surface area contributed by atoms with Crippen LogP contribution < -0.4 is 9.64 Å². The molecule has 0 unspecified atom stereocenters. The Kier molecular flexibility index (Phi) is 5.66. The van der Waals surface area contributed by atoms with Crippen molar-refractivity contribution in [2.75, 3.05) is 19.1 Å². The van der Waals surface area contributed by atoms with Gasteiger partial charge in [-0.25, -0.2) is 9.78 Å². The maximum atomic E-state index is 11.3. The number of carboxylic acids is 1. The van der Waals surface area contributed by atoms with Gasteiger partial charge in [0.25, 0.3) is 0 Å². The number of carboxylic acid groups (broad SMARTS) is 1. The molecule has 4 rings (SSSR count). The van der Waals surface area contributed by atoms with Gasteiger partial charge in [-0.05, 0) is 54.1 Å². The van der Waals surface area contributed by atoms with Gasteiger partial charge in [0.2, 0.25) is 0 Å². The summed E-state index contributed by atoms with van der Waals surface area (Å²) in [5, 5.41) is 9.23. The standard InChI is InChI=1S/C24H22N4O3/c1-27(20-7-9-21(31-2)10-8-20)19-5-3-17(4-6-19)16-28-14-13-26-23(28)22-15-18(24(29)30)11-12-25-22/h3-15H,16H2,1-2H3,(H,29,30). The fourth-order valence-electron chi connectivity index (χ4n) is 3.33. The van der Waals surface area contributed by atoms with Gasteiger partial charge in [-0.3, -0.25) is 4.98 Å². The van der Waals surface area contributed by atoms with E-state index in [-0.39, 0.29) is 5.56 Å². The molecule has 0 aliphatic heterocycles. The van der Waals surface area contributed by atoms with Crippen LogP contribution in [0.1, 0.15) is 15.9 Å². The highest BCUT2D eigenvalue weighted by Crippen LogP contribution is 2.26. The smallest absolute Gasteiger partial charge is 0.335 e. The summed E-state index contributed by atoms with van der Waals surface area (Å²) in [4.78, 5) is 22.0. The lowest BCUT2D eigenvalue weighted by Gasteiger charge is -2.20. The first-order valence-corrected chi connectivity index (χ1v) is 9.73. The van der Waals surface area contributed by atoms with Crippen molar-refractivity contribution in [1.82, 2.24) is 14.5 Å². The number of benzene rings is 2. The van der Waals surface area contributed by atoms with Crippen molar-refractivity contribution in [2.45, 2.75) is 6.54 Å². The van der Waals surface area contributed by atoms with Gasteiger partial charge in [0, 0.05) is 43.6 Å². The molecule has 0 fully saturated rings. The molecule has 2 aromatic carbocycles. The molecule has 0 radical (unpaired) electrons. The molecule has 7 heteroatoms. The third-order valence-corrected chi connectivity index (χ3v) is 5.09. The molecule has 0 spiro atoms. The van der Waals surface area contributed by atoms with Crippen molar-refractivity contribution >= 4 is 17.3 Å². The summed E-state index contributed by atoms with van der Waals surface area (Å²) in [5.74, 6) is 0.466. The number of rotatable bonds is 7. The summed E-state index contributed by atoms with van der Waals surface area (Å²) >= 11 is 0. The van der Waals surface area contributed by atoms with Crippen LogP contribution in [0.25, 0.3) is 11.5 Å². The average molecular weight is 414 g/mol. The Bertz CT molecular complexity index is 1180. The monoisotopic (exact) mass is 414 g/mol. The number of nitrogens with zero attached hydrogens (tertiary/aromatic N) is 4. The summed E-state index contributed by atoms with van der Waals surface area (Å²) in [6.45, 7) is 0.598. The molecule has 0 atom stereocenters. The van der Waals surface area contributed by atoms with Crippen molar-refractivity contribution in [3.63, 3.8) is 0 Å². The molecule has 4 aromatic rings. The number of aromatic carboxylic acids is 1. The molecule has 1 N–H and O–H groups in total. The van der Waals surface area contributed by atoms with Gasteiger partial charge in [-0.1, -0.05) is 12.1 Å². The number of hydrogen-bond acceptors (Lipinski definition) is 5. The van der Waals surface area contributed by atoms with E-state index in [2.05, 4.69) is 39.1 Å². The fraction of sp³-hybridized carbons (Fsp3) is 0.125. The second-order valence-electron chi connectivity index (χ2n) is 7.04. The zero-order chi connectivity index (χ0) is 21.8. The summed E-state index contributed by atoms with van der Waals surface area (Å²) < 4.78 is 7.18. The Balaban J connectivity index is 1.52. The van der Waals surface area contributed by atoms with Crippen LogP contribution in [0.3, 0.4) is 0 Å². The van der Waals surface area contributed by atoms with Crippen molar-refractivity contribution in [3.05, 3.63) is 90.4 Å². The van der Waals surface area contributed by atoms with Crippen LogP contribution >= 0.6 is 0 Å². The summed E-state index contributed by atoms with van der Waals surface area (Å²) in [6.07, 6.45) is 5.04. The van der Waals surface area contributed by atoms with E-state index in [1.165, 1.54) is 18.3 Å². The van der Waals surface area contributed by atoms with E-state index in [9.17, 15) is 9.90 Å². The maximum Gasteiger partial charge on any atom is 0.335 e. The lowest BCUT2D eigenvalue weighted by Crippen LogP contribution is -2.09. The summed E-state index contributed by atoms with van der Waals surface area (Å²) in [7, 11) is 3.67. The minimum absolute atomic E-state index is 0.186. The van der Waals surface area contributed by atoms with Crippen LogP contribution in [-0.4, -0.2) is 39.8 Å². The van der Waals surface area contributed by atoms with Gasteiger partial charge in [0.05, 0.1) is 12.7 Å². The van der Waals surface area contributed by atoms with E-state index in [0.717, 1.165) is 22.7 Å². The second kappa shape index (κ2) is 8.71. The Hall–Kier alpha value is -4.13. The maximum absolute atomic E-state index is 11.3. The Morgan fingerprint density at radius 1 is 1.00 bits per heavy atom. The van der Waals surface area contributed by atoms with Gasteiger partial charge in [0.15, 0.2) is 5.82 Å². The van der Waals surface area contributed by atoms with Crippen molar-refractivity contribution in [2.24, 2.45) is 0 Å². The van der Waals surface area contributed by atoms with E-state index in [0.29, 0.717) is 18.1 Å². The van der Waals surface area contributed by atoms with E-state index in [1.54, 1.807) is 13.3 Å². The van der Waals surface area contributed by atoms with E-state index in [4.69, 9.17) is 4.74 Å². The van der Waals surface area contributed by atoms with Gasteiger partial charge in [-0.2, -0.15) is 0 Å². The molecule has 0 aliphatic rings. The number of methoxy groups -OCH3 is 1. The van der Waals surface area contributed by atoms with E-state index >= 15 is 0 Å². The second-order valence-corrected chi connectivity index (χ2v) is 7.04. The number of aromatic nitrogens is 3.